The molecule has 0 aromatic heterocycles. The maximum absolute atomic E-state index is 10.7. The second-order valence-electron chi connectivity index (χ2n) is 2.81. The van der Waals surface area contributed by atoms with Crippen LogP contribution in [0.25, 0.3) is 0 Å². The lowest BCUT2D eigenvalue weighted by Crippen LogP contribution is -2.04. The van der Waals surface area contributed by atoms with Crippen molar-refractivity contribution in [3.63, 3.8) is 0 Å². The summed E-state index contributed by atoms with van der Waals surface area (Å²) in [5.41, 5.74) is 0.990. The van der Waals surface area contributed by atoms with Gasteiger partial charge in [-0.15, -0.1) is 0 Å². The monoisotopic (exact) mass is 242 g/mol. The van der Waals surface area contributed by atoms with Gasteiger partial charge in [-0.25, -0.2) is 0 Å². The third-order valence-corrected chi connectivity index (χ3v) is 2.15. The predicted octanol–water partition coefficient (Wildman–Crippen LogP) is 3.07. The largest absolute Gasteiger partial charge is 0.458 e. The second-order valence-corrected chi connectivity index (χ2v) is 3.72. The summed E-state index contributed by atoms with van der Waals surface area (Å²) in [4.78, 5) is 10.7. The summed E-state index contributed by atoms with van der Waals surface area (Å²) in [6, 6.07) is 7.72. The molecule has 1 aromatic rings. The van der Waals surface area contributed by atoms with Gasteiger partial charge in [0.25, 0.3) is 0 Å². The molecular formula is C10H11BrO2. The van der Waals surface area contributed by atoms with Gasteiger partial charge in [-0.3, -0.25) is 4.79 Å². The molecule has 1 aromatic carbocycles. The first-order chi connectivity index (χ1) is 6.09. The Balaban J connectivity index is 2.76. The minimum Gasteiger partial charge on any atom is -0.458 e. The second kappa shape index (κ2) is 4.42. The predicted molar refractivity (Wildman–Crippen MR) is 54.3 cm³/mol. The maximum Gasteiger partial charge on any atom is 0.303 e. The van der Waals surface area contributed by atoms with Gasteiger partial charge in [0.15, 0.2) is 0 Å². The summed E-state index contributed by atoms with van der Waals surface area (Å²) in [6.45, 7) is 3.26. The van der Waals surface area contributed by atoms with Crippen molar-refractivity contribution < 1.29 is 9.53 Å². The zero-order valence-corrected chi connectivity index (χ0v) is 9.17. The number of carbonyl (C=O) groups excluding carboxylic acids is 1. The van der Waals surface area contributed by atoms with Crippen LogP contribution in [0.4, 0.5) is 0 Å². The zero-order valence-electron chi connectivity index (χ0n) is 7.58. The highest BCUT2D eigenvalue weighted by molar-refractivity contribution is 9.10. The molecule has 13 heavy (non-hydrogen) atoms. The normalized spacial score (nSPS) is 12.2. The molecule has 0 fully saturated rings. The third kappa shape index (κ3) is 3.19. The van der Waals surface area contributed by atoms with Crippen LogP contribution >= 0.6 is 15.9 Å². The fourth-order valence-electron chi connectivity index (χ4n) is 1.08. The fourth-order valence-corrected chi connectivity index (χ4v) is 1.49. The topological polar surface area (TPSA) is 26.3 Å². The molecule has 70 valence electrons. The van der Waals surface area contributed by atoms with Crippen LogP contribution in [0.3, 0.4) is 0 Å². The van der Waals surface area contributed by atoms with Crippen LogP contribution in [0.2, 0.25) is 0 Å². The van der Waals surface area contributed by atoms with Crippen molar-refractivity contribution in [2.45, 2.75) is 20.0 Å². The lowest BCUT2D eigenvalue weighted by Gasteiger charge is -2.11. The van der Waals surface area contributed by atoms with Crippen molar-refractivity contribution in [3.8, 4) is 0 Å². The van der Waals surface area contributed by atoms with E-state index in [1.807, 2.05) is 31.2 Å². The summed E-state index contributed by atoms with van der Waals surface area (Å²) in [7, 11) is 0. The number of rotatable bonds is 2. The van der Waals surface area contributed by atoms with Gasteiger partial charge in [-0.2, -0.15) is 0 Å². The van der Waals surface area contributed by atoms with Crippen LogP contribution in [0.15, 0.2) is 28.7 Å². The Hall–Kier alpha value is -0.830. The van der Waals surface area contributed by atoms with Gasteiger partial charge in [-0.1, -0.05) is 28.1 Å². The van der Waals surface area contributed by atoms with Gasteiger partial charge in [-0.05, 0) is 24.6 Å². The molecule has 0 N–H and O–H groups in total. The van der Waals surface area contributed by atoms with E-state index in [0.717, 1.165) is 10.0 Å². The van der Waals surface area contributed by atoms with Crippen molar-refractivity contribution in [1.82, 2.24) is 0 Å². The first-order valence-electron chi connectivity index (χ1n) is 4.02. The lowest BCUT2D eigenvalue weighted by molar-refractivity contribution is -0.145. The van der Waals surface area contributed by atoms with E-state index in [2.05, 4.69) is 15.9 Å². The standard InChI is InChI=1S/C10H11BrO2/c1-7(13-8(2)12)9-4-3-5-10(11)6-9/h3-7H,1-2H3. The van der Waals surface area contributed by atoms with E-state index in [-0.39, 0.29) is 12.1 Å². The molecule has 0 aliphatic heterocycles. The van der Waals surface area contributed by atoms with Gasteiger partial charge in [0.2, 0.25) is 0 Å². The minimum absolute atomic E-state index is 0.185. The van der Waals surface area contributed by atoms with Gasteiger partial charge in [0.1, 0.15) is 6.10 Å². The van der Waals surface area contributed by atoms with Crippen LogP contribution < -0.4 is 0 Å². The number of hydrogen-bond donors (Lipinski definition) is 0. The Kier molecular flexibility index (Phi) is 3.48. The maximum atomic E-state index is 10.7. The smallest absolute Gasteiger partial charge is 0.303 e. The van der Waals surface area contributed by atoms with Crippen LogP contribution in [0.1, 0.15) is 25.5 Å². The van der Waals surface area contributed by atoms with E-state index in [4.69, 9.17) is 4.74 Å². The molecule has 0 heterocycles. The molecule has 3 heteroatoms. The van der Waals surface area contributed by atoms with E-state index >= 15 is 0 Å². The van der Waals surface area contributed by atoms with Crippen molar-refractivity contribution in [1.29, 1.82) is 0 Å². The molecule has 1 atom stereocenters. The van der Waals surface area contributed by atoms with Gasteiger partial charge in [0.05, 0.1) is 0 Å². The zero-order chi connectivity index (χ0) is 9.84. The van der Waals surface area contributed by atoms with E-state index in [0.29, 0.717) is 0 Å². The summed E-state index contributed by atoms with van der Waals surface area (Å²) >= 11 is 3.36. The van der Waals surface area contributed by atoms with Crippen LogP contribution in [0.5, 0.6) is 0 Å². The van der Waals surface area contributed by atoms with Crippen LogP contribution in [-0.4, -0.2) is 5.97 Å². The third-order valence-electron chi connectivity index (χ3n) is 1.66. The van der Waals surface area contributed by atoms with Crippen LogP contribution in [-0.2, 0) is 9.53 Å². The van der Waals surface area contributed by atoms with Crippen molar-refractivity contribution in [3.05, 3.63) is 34.3 Å². The molecule has 0 spiro atoms. The molecule has 1 rings (SSSR count). The molecule has 0 amide bonds. The van der Waals surface area contributed by atoms with Gasteiger partial charge in [0, 0.05) is 11.4 Å². The number of carbonyl (C=O) groups is 1. The highest BCUT2D eigenvalue weighted by Gasteiger charge is 2.07. The van der Waals surface area contributed by atoms with E-state index < -0.39 is 0 Å². The minimum atomic E-state index is -0.257. The Morgan fingerprint density at radius 1 is 1.54 bits per heavy atom. The fraction of sp³-hybridized carbons (Fsp3) is 0.300. The lowest BCUT2D eigenvalue weighted by atomic mass is 10.1. The number of esters is 1. The van der Waals surface area contributed by atoms with Crippen LogP contribution in [0, 0.1) is 0 Å². The summed E-state index contributed by atoms with van der Waals surface area (Å²) in [6.07, 6.45) is -0.185. The average Bonchev–Trinajstić information content (AvgIpc) is 2.03. The highest BCUT2D eigenvalue weighted by atomic mass is 79.9. The number of ether oxygens (including phenoxy) is 1. The number of halogens is 1. The Morgan fingerprint density at radius 2 is 2.23 bits per heavy atom. The average molecular weight is 243 g/mol. The summed E-state index contributed by atoms with van der Waals surface area (Å²) in [5, 5.41) is 0. The van der Waals surface area contributed by atoms with Crippen molar-refractivity contribution in [2.75, 3.05) is 0 Å². The molecule has 0 radical (unpaired) electrons. The van der Waals surface area contributed by atoms with Gasteiger partial charge >= 0.3 is 5.97 Å². The molecule has 0 bridgehead atoms. The van der Waals surface area contributed by atoms with Crippen molar-refractivity contribution in [2.24, 2.45) is 0 Å². The first kappa shape index (κ1) is 10.3. The molecule has 0 saturated heterocycles. The highest BCUT2D eigenvalue weighted by Crippen LogP contribution is 2.20. The molecule has 2 nitrogen and oxygen atoms in total. The van der Waals surface area contributed by atoms with Crippen molar-refractivity contribution >= 4 is 21.9 Å². The SMILES string of the molecule is CC(=O)OC(C)c1cccc(Br)c1. The first-order valence-corrected chi connectivity index (χ1v) is 4.81. The van der Waals surface area contributed by atoms with E-state index in [9.17, 15) is 4.79 Å². The summed E-state index contributed by atoms with van der Waals surface area (Å²) in [5.74, 6) is -0.257. The molecule has 0 aliphatic carbocycles. The molecule has 0 aliphatic rings. The quantitative estimate of drug-likeness (QED) is 0.746. The molecule has 0 saturated carbocycles. The Morgan fingerprint density at radius 3 is 2.77 bits per heavy atom. The van der Waals surface area contributed by atoms with E-state index in [1.54, 1.807) is 0 Å². The van der Waals surface area contributed by atoms with Gasteiger partial charge < -0.3 is 4.74 Å². The number of hydrogen-bond acceptors (Lipinski definition) is 2. The number of benzene rings is 1. The molecule has 1 unspecified atom stereocenters. The Bertz CT molecular complexity index is 310. The van der Waals surface area contributed by atoms with E-state index in [1.165, 1.54) is 6.92 Å². The molecular weight excluding hydrogens is 232 g/mol. The summed E-state index contributed by atoms with van der Waals surface area (Å²) < 4.78 is 6.02. The Labute approximate surface area is 86.0 Å².